The molecule has 0 amide bonds. The highest BCUT2D eigenvalue weighted by Gasteiger charge is 2.19. The van der Waals surface area contributed by atoms with Gasteiger partial charge in [0.2, 0.25) is 0 Å². The Morgan fingerprint density at radius 3 is 0.794 bits per heavy atom. The number of hydrogen-bond acceptors (Lipinski definition) is 6. The fourth-order valence-corrected chi connectivity index (χ4v) is 8.20. The predicted molar refractivity (Wildman–Crippen MR) is 270 cm³/mol. The number of esters is 3. The van der Waals surface area contributed by atoms with Crippen LogP contribution in [0.3, 0.4) is 0 Å². The minimum atomic E-state index is -0.774. The second-order valence-corrected chi connectivity index (χ2v) is 18.8. The Morgan fingerprint density at radius 2 is 0.524 bits per heavy atom. The molecule has 0 heterocycles. The standard InChI is InChI=1S/C57H106O6/c1-4-7-10-13-16-19-22-25-28-30-32-35-38-41-44-47-50-56(59)62-53-54(52-61-55(58)49-46-43-40-37-34-31-27-24-21-18-15-12-9-6-3)63-57(60)51-48-45-42-39-36-33-29-26-23-20-17-14-11-8-5-2/h26,28-30,54H,4-25,27,31-53H2,1-3H3/b29-26-,30-28-. The van der Waals surface area contributed by atoms with Crippen LogP contribution in [0, 0.1) is 0 Å². The van der Waals surface area contributed by atoms with Gasteiger partial charge in [-0.3, -0.25) is 14.4 Å². The monoisotopic (exact) mass is 887 g/mol. The quantitative estimate of drug-likeness (QED) is 0.0262. The molecule has 63 heavy (non-hydrogen) atoms. The molecule has 0 aromatic heterocycles. The van der Waals surface area contributed by atoms with Crippen molar-refractivity contribution in [3.8, 4) is 0 Å². The molecule has 1 atom stereocenters. The zero-order chi connectivity index (χ0) is 45.8. The average molecular weight is 887 g/mol. The number of rotatable bonds is 51. The highest BCUT2D eigenvalue weighted by Crippen LogP contribution is 2.16. The van der Waals surface area contributed by atoms with Crippen LogP contribution in [0.5, 0.6) is 0 Å². The van der Waals surface area contributed by atoms with E-state index in [0.29, 0.717) is 19.3 Å². The third-order valence-corrected chi connectivity index (χ3v) is 12.4. The van der Waals surface area contributed by atoms with Crippen molar-refractivity contribution in [1.82, 2.24) is 0 Å². The van der Waals surface area contributed by atoms with Gasteiger partial charge in [-0.1, -0.05) is 238 Å². The zero-order valence-corrected chi connectivity index (χ0v) is 42.4. The van der Waals surface area contributed by atoms with E-state index in [1.165, 1.54) is 193 Å². The molecule has 370 valence electrons. The molecule has 0 spiro atoms. The summed E-state index contributed by atoms with van der Waals surface area (Å²) in [5, 5.41) is 0. The maximum absolute atomic E-state index is 12.8. The topological polar surface area (TPSA) is 78.9 Å². The Morgan fingerprint density at radius 1 is 0.302 bits per heavy atom. The minimum absolute atomic E-state index is 0.0731. The van der Waals surface area contributed by atoms with Crippen LogP contribution in [0.15, 0.2) is 24.3 Å². The van der Waals surface area contributed by atoms with Crippen molar-refractivity contribution in [2.45, 2.75) is 309 Å². The predicted octanol–water partition coefficient (Wildman–Crippen LogP) is 18.3. The normalized spacial score (nSPS) is 12.1. The van der Waals surface area contributed by atoms with E-state index in [1.54, 1.807) is 0 Å². The molecule has 0 rings (SSSR count). The third-order valence-electron chi connectivity index (χ3n) is 12.4. The highest BCUT2D eigenvalue weighted by atomic mass is 16.6. The fourth-order valence-electron chi connectivity index (χ4n) is 8.20. The molecular formula is C57H106O6. The largest absolute Gasteiger partial charge is 0.462 e. The van der Waals surface area contributed by atoms with Crippen molar-refractivity contribution in [3.05, 3.63) is 24.3 Å². The van der Waals surface area contributed by atoms with Crippen molar-refractivity contribution >= 4 is 17.9 Å². The first-order valence-electron chi connectivity index (χ1n) is 27.8. The van der Waals surface area contributed by atoms with Gasteiger partial charge < -0.3 is 14.2 Å². The summed E-state index contributed by atoms with van der Waals surface area (Å²) in [6, 6.07) is 0. The first-order valence-corrected chi connectivity index (χ1v) is 27.8. The number of allylic oxidation sites excluding steroid dienone is 4. The van der Waals surface area contributed by atoms with E-state index in [4.69, 9.17) is 14.2 Å². The van der Waals surface area contributed by atoms with Crippen molar-refractivity contribution in [2.75, 3.05) is 13.2 Å². The molecule has 0 bridgehead atoms. The van der Waals surface area contributed by atoms with E-state index in [2.05, 4.69) is 45.1 Å². The van der Waals surface area contributed by atoms with Crippen LogP contribution in [-0.4, -0.2) is 37.2 Å². The van der Waals surface area contributed by atoms with Gasteiger partial charge >= 0.3 is 17.9 Å². The number of ether oxygens (including phenoxy) is 3. The molecule has 0 aliphatic carbocycles. The van der Waals surface area contributed by atoms with Crippen LogP contribution < -0.4 is 0 Å². The lowest BCUT2D eigenvalue weighted by molar-refractivity contribution is -0.167. The van der Waals surface area contributed by atoms with Crippen molar-refractivity contribution in [3.63, 3.8) is 0 Å². The summed E-state index contributed by atoms with van der Waals surface area (Å²) in [6.07, 6.45) is 60.2. The first-order chi connectivity index (χ1) is 31.0. The molecular weight excluding hydrogens is 781 g/mol. The molecule has 0 saturated carbocycles. The number of carbonyl (C=O) groups excluding carboxylic acids is 3. The van der Waals surface area contributed by atoms with Gasteiger partial charge in [0.1, 0.15) is 13.2 Å². The van der Waals surface area contributed by atoms with Gasteiger partial charge in [0, 0.05) is 19.3 Å². The van der Waals surface area contributed by atoms with Crippen LogP contribution in [0.2, 0.25) is 0 Å². The number of carbonyl (C=O) groups is 3. The Bertz CT molecular complexity index is 1020. The maximum Gasteiger partial charge on any atom is 0.306 e. The molecule has 0 aliphatic heterocycles. The molecule has 1 unspecified atom stereocenters. The zero-order valence-electron chi connectivity index (χ0n) is 42.4. The van der Waals surface area contributed by atoms with Gasteiger partial charge in [-0.2, -0.15) is 0 Å². The van der Waals surface area contributed by atoms with Crippen molar-refractivity contribution in [1.29, 1.82) is 0 Å². The van der Waals surface area contributed by atoms with E-state index in [1.807, 2.05) is 0 Å². The molecule has 0 aromatic carbocycles. The summed E-state index contributed by atoms with van der Waals surface area (Å²) in [7, 11) is 0. The van der Waals surface area contributed by atoms with Gasteiger partial charge in [-0.15, -0.1) is 0 Å². The van der Waals surface area contributed by atoms with Gasteiger partial charge in [0.25, 0.3) is 0 Å². The summed E-state index contributed by atoms with van der Waals surface area (Å²) in [5.74, 6) is -0.873. The Labute approximate surface area is 392 Å². The highest BCUT2D eigenvalue weighted by molar-refractivity contribution is 5.71. The van der Waals surface area contributed by atoms with Crippen LogP contribution in [-0.2, 0) is 28.6 Å². The summed E-state index contributed by atoms with van der Waals surface area (Å²) in [4.78, 5) is 38.1. The van der Waals surface area contributed by atoms with E-state index >= 15 is 0 Å². The molecule has 0 aliphatic rings. The molecule has 0 N–H and O–H groups in total. The number of unbranched alkanes of at least 4 members (excludes halogenated alkanes) is 36. The number of hydrogen-bond donors (Lipinski definition) is 0. The molecule has 0 fully saturated rings. The summed E-state index contributed by atoms with van der Waals surface area (Å²) in [5.41, 5.74) is 0. The maximum atomic E-state index is 12.8. The SMILES string of the molecule is CCCCCCCC/C=C\CCCCCCCC(=O)OC(COC(=O)CCCCCCC/C=C\CCCCCCCCC)COC(=O)CCCCCCCCCCCCCCCC. The Balaban J connectivity index is 4.36. The smallest absolute Gasteiger partial charge is 0.306 e. The second-order valence-electron chi connectivity index (χ2n) is 18.8. The van der Waals surface area contributed by atoms with Gasteiger partial charge in [0.15, 0.2) is 6.10 Å². The third kappa shape index (κ3) is 50.7. The van der Waals surface area contributed by atoms with E-state index in [0.717, 1.165) is 70.6 Å². The molecule has 0 radical (unpaired) electrons. The fraction of sp³-hybridized carbons (Fsp3) is 0.877. The van der Waals surface area contributed by atoms with Crippen LogP contribution in [0.4, 0.5) is 0 Å². The average Bonchev–Trinajstić information content (AvgIpc) is 3.28. The van der Waals surface area contributed by atoms with Crippen molar-refractivity contribution in [2.24, 2.45) is 0 Å². The van der Waals surface area contributed by atoms with Crippen LogP contribution in [0.1, 0.15) is 303 Å². The summed E-state index contributed by atoms with van der Waals surface area (Å²) >= 11 is 0. The van der Waals surface area contributed by atoms with Gasteiger partial charge in [-0.25, -0.2) is 0 Å². The second kappa shape index (κ2) is 52.5. The molecule has 0 aromatic rings. The van der Waals surface area contributed by atoms with Gasteiger partial charge in [0.05, 0.1) is 0 Å². The summed E-state index contributed by atoms with van der Waals surface area (Å²) in [6.45, 7) is 6.65. The van der Waals surface area contributed by atoms with Gasteiger partial charge in [-0.05, 0) is 70.6 Å². The molecule has 6 nitrogen and oxygen atoms in total. The first kappa shape index (κ1) is 60.9. The Hall–Kier alpha value is -2.11. The van der Waals surface area contributed by atoms with E-state index < -0.39 is 6.10 Å². The summed E-state index contributed by atoms with van der Waals surface area (Å²) < 4.78 is 16.8. The molecule has 0 saturated heterocycles. The van der Waals surface area contributed by atoms with E-state index in [9.17, 15) is 14.4 Å². The van der Waals surface area contributed by atoms with Crippen molar-refractivity contribution < 1.29 is 28.6 Å². The Kier molecular flexibility index (Phi) is 50.8. The minimum Gasteiger partial charge on any atom is -0.462 e. The lowest BCUT2D eigenvalue weighted by atomic mass is 10.0. The lowest BCUT2D eigenvalue weighted by Crippen LogP contribution is -2.30. The van der Waals surface area contributed by atoms with Crippen LogP contribution >= 0.6 is 0 Å². The van der Waals surface area contributed by atoms with E-state index in [-0.39, 0.29) is 31.1 Å². The molecule has 6 heteroatoms. The van der Waals surface area contributed by atoms with Crippen LogP contribution in [0.25, 0.3) is 0 Å². The lowest BCUT2D eigenvalue weighted by Gasteiger charge is -2.18.